The molecule has 0 aliphatic carbocycles. The molecule has 92 valence electrons. The normalized spacial score (nSPS) is 10.2. The molecule has 0 unspecified atom stereocenters. The van der Waals surface area contributed by atoms with Gasteiger partial charge in [0.05, 0.1) is 6.07 Å². The van der Waals surface area contributed by atoms with Gasteiger partial charge in [0.25, 0.3) is 0 Å². The van der Waals surface area contributed by atoms with Gasteiger partial charge in [0, 0.05) is 23.6 Å². The number of nitriles is 1. The van der Waals surface area contributed by atoms with Crippen LogP contribution in [0.25, 0.3) is 11.4 Å². The highest BCUT2D eigenvalue weighted by atomic mass is 35.5. The number of halogens is 1. The summed E-state index contributed by atoms with van der Waals surface area (Å²) in [5.41, 5.74) is 0.752. The van der Waals surface area contributed by atoms with Crippen LogP contribution in [0.15, 0.2) is 33.6 Å². The van der Waals surface area contributed by atoms with Crippen molar-refractivity contribution in [2.24, 2.45) is 0 Å². The molecule has 18 heavy (non-hydrogen) atoms. The Bertz CT molecular complexity index is 622. The lowest BCUT2D eigenvalue weighted by Crippen LogP contribution is -2.15. The summed E-state index contributed by atoms with van der Waals surface area (Å²) in [6.07, 6.45) is 0.968. The molecule has 2 aromatic rings. The number of aromatic nitrogens is 2. The second kappa shape index (κ2) is 5.52. The molecule has 0 saturated heterocycles. The Labute approximate surface area is 108 Å². The van der Waals surface area contributed by atoms with Gasteiger partial charge in [-0.25, -0.2) is 4.79 Å². The maximum absolute atomic E-state index is 11.5. The van der Waals surface area contributed by atoms with Gasteiger partial charge in [-0.15, -0.1) is 0 Å². The average Bonchev–Trinajstić information content (AvgIpc) is 2.73. The molecule has 1 aromatic carbocycles. The molecule has 0 radical (unpaired) electrons. The van der Waals surface area contributed by atoms with Gasteiger partial charge in [-0.3, -0.25) is 9.09 Å². The zero-order valence-electron chi connectivity index (χ0n) is 9.47. The molecule has 0 saturated carbocycles. The summed E-state index contributed by atoms with van der Waals surface area (Å²) in [6, 6.07) is 9.00. The molecule has 0 spiro atoms. The lowest BCUT2D eigenvalue weighted by Gasteiger charge is -2.02. The van der Waals surface area contributed by atoms with Crippen LogP contribution in [0.5, 0.6) is 0 Å². The van der Waals surface area contributed by atoms with E-state index in [4.69, 9.17) is 16.9 Å². The van der Waals surface area contributed by atoms with Gasteiger partial charge < -0.3 is 0 Å². The van der Waals surface area contributed by atoms with Crippen molar-refractivity contribution >= 4 is 11.6 Å². The summed E-state index contributed by atoms with van der Waals surface area (Å²) < 4.78 is 6.07. The van der Waals surface area contributed by atoms with E-state index in [-0.39, 0.29) is 0 Å². The Balaban J connectivity index is 2.31. The molecule has 0 amide bonds. The van der Waals surface area contributed by atoms with E-state index in [1.807, 2.05) is 6.07 Å². The molecule has 0 bridgehead atoms. The third-order valence-electron chi connectivity index (χ3n) is 2.46. The smallest absolute Gasteiger partial charge is 0.295 e. The summed E-state index contributed by atoms with van der Waals surface area (Å²) in [4.78, 5) is 11.5. The highest BCUT2D eigenvalue weighted by molar-refractivity contribution is 6.30. The molecule has 1 aromatic heterocycles. The summed E-state index contributed by atoms with van der Waals surface area (Å²) in [6.45, 7) is 0.411. The highest BCUT2D eigenvalue weighted by Gasteiger charge is 2.12. The number of hydrogen-bond acceptors (Lipinski definition) is 4. The van der Waals surface area contributed by atoms with Gasteiger partial charge in [0.2, 0.25) is 0 Å². The summed E-state index contributed by atoms with van der Waals surface area (Å²) in [5, 5.41) is 12.8. The first-order valence-corrected chi connectivity index (χ1v) is 5.79. The van der Waals surface area contributed by atoms with Crippen molar-refractivity contribution in [1.82, 2.24) is 9.72 Å². The van der Waals surface area contributed by atoms with Crippen LogP contribution in [0, 0.1) is 11.3 Å². The minimum atomic E-state index is -0.516. The Morgan fingerprint density at radius 2 is 2.11 bits per heavy atom. The Hall–Kier alpha value is -2.06. The maximum Gasteiger partial charge on any atom is 0.441 e. The largest absolute Gasteiger partial charge is 0.441 e. The summed E-state index contributed by atoms with van der Waals surface area (Å²) >= 11 is 5.80. The van der Waals surface area contributed by atoms with Crippen LogP contribution in [0.4, 0.5) is 0 Å². The molecule has 2 rings (SSSR count). The minimum Gasteiger partial charge on any atom is -0.295 e. The van der Waals surface area contributed by atoms with E-state index in [9.17, 15) is 4.79 Å². The van der Waals surface area contributed by atoms with E-state index < -0.39 is 5.76 Å². The highest BCUT2D eigenvalue weighted by Crippen LogP contribution is 2.19. The third-order valence-corrected chi connectivity index (χ3v) is 2.71. The molecular weight excluding hydrogens is 254 g/mol. The van der Waals surface area contributed by atoms with Crippen LogP contribution in [0.1, 0.15) is 12.8 Å². The van der Waals surface area contributed by atoms with Gasteiger partial charge in [-0.2, -0.15) is 5.26 Å². The second-order valence-electron chi connectivity index (χ2n) is 3.69. The molecule has 1 heterocycles. The first kappa shape index (κ1) is 12.4. The SMILES string of the molecule is N#CCCCn1c(-c2ccc(Cl)cc2)noc1=O. The first-order chi connectivity index (χ1) is 8.72. The topological polar surface area (TPSA) is 71.8 Å². The molecule has 5 nitrogen and oxygen atoms in total. The molecule has 0 aliphatic rings. The Morgan fingerprint density at radius 1 is 1.39 bits per heavy atom. The van der Waals surface area contributed by atoms with Crippen molar-refractivity contribution in [3.8, 4) is 17.5 Å². The van der Waals surface area contributed by atoms with Crippen molar-refractivity contribution < 1.29 is 4.52 Å². The van der Waals surface area contributed by atoms with Gasteiger partial charge >= 0.3 is 5.76 Å². The molecule has 0 fully saturated rings. The van der Waals surface area contributed by atoms with Gasteiger partial charge in [-0.05, 0) is 30.7 Å². The van der Waals surface area contributed by atoms with Gasteiger partial charge in [0.15, 0.2) is 5.82 Å². The van der Waals surface area contributed by atoms with E-state index in [0.29, 0.717) is 30.2 Å². The van der Waals surface area contributed by atoms with E-state index in [1.54, 1.807) is 24.3 Å². The van der Waals surface area contributed by atoms with Crippen LogP contribution in [0.2, 0.25) is 5.02 Å². The van der Waals surface area contributed by atoms with Crippen LogP contribution in [-0.4, -0.2) is 9.72 Å². The first-order valence-electron chi connectivity index (χ1n) is 5.42. The van der Waals surface area contributed by atoms with Crippen molar-refractivity contribution in [3.63, 3.8) is 0 Å². The summed E-state index contributed by atoms with van der Waals surface area (Å²) in [5.74, 6) is -0.0625. The van der Waals surface area contributed by atoms with Gasteiger partial charge in [-0.1, -0.05) is 16.8 Å². The van der Waals surface area contributed by atoms with E-state index in [0.717, 1.165) is 5.56 Å². The van der Waals surface area contributed by atoms with Crippen molar-refractivity contribution in [1.29, 1.82) is 5.26 Å². The Morgan fingerprint density at radius 3 is 2.78 bits per heavy atom. The van der Waals surface area contributed by atoms with Crippen LogP contribution in [0.3, 0.4) is 0 Å². The van der Waals surface area contributed by atoms with Crippen molar-refractivity contribution in [2.75, 3.05) is 0 Å². The quantitative estimate of drug-likeness (QED) is 0.795. The standard InChI is InChI=1S/C12H10ClN3O2/c13-10-5-3-9(4-6-10)11-15-18-12(17)16(11)8-2-1-7-14/h3-6H,1-2,8H2. The molecule has 0 N–H and O–H groups in total. The minimum absolute atomic E-state index is 0.387. The molecule has 0 atom stereocenters. The van der Waals surface area contributed by atoms with E-state index in [2.05, 4.69) is 9.68 Å². The maximum atomic E-state index is 11.5. The monoisotopic (exact) mass is 263 g/mol. The number of rotatable bonds is 4. The van der Waals surface area contributed by atoms with Crippen LogP contribution in [-0.2, 0) is 6.54 Å². The molecular formula is C12H10ClN3O2. The fourth-order valence-corrected chi connectivity index (χ4v) is 1.71. The zero-order valence-corrected chi connectivity index (χ0v) is 10.2. The van der Waals surface area contributed by atoms with Crippen molar-refractivity contribution in [2.45, 2.75) is 19.4 Å². The molecule has 6 heteroatoms. The lowest BCUT2D eigenvalue weighted by atomic mass is 10.2. The predicted octanol–water partition coefficient (Wildman–Crippen LogP) is 2.46. The van der Waals surface area contributed by atoms with Crippen LogP contribution < -0.4 is 5.76 Å². The number of unbranched alkanes of at least 4 members (excludes halogenated alkanes) is 1. The number of hydrogen-bond donors (Lipinski definition) is 0. The average molecular weight is 264 g/mol. The predicted molar refractivity (Wildman–Crippen MR) is 66.1 cm³/mol. The summed E-state index contributed by atoms with van der Waals surface area (Å²) in [7, 11) is 0. The third kappa shape index (κ3) is 2.60. The van der Waals surface area contributed by atoms with Crippen LogP contribution >= 0.6 is 11.6 Å². The number of benzene rings is 1. The Kier molecular flexibility index (Phi) is 3.80. The fourth-order valence-electron chi connectivity index (χ4n) is 1.59. The van der Waals surface area contributed by atoms with Crippen molar-refractivity contribution in [3.05, 3.63) is 39.8 Å². The lowest BCUT2D eigenvalue weighted by molar-refractivity contribution is 0.375. The van der Waals surface area contributed by atoms with Gasteiger partial charge in [0.1, 0.15) is 0 Å². The number of nitrogens with zero attached hydrogens (tertiary/aromatic N) is 3. The second-order valence-corrected chi connectivity index (χ2v) is 4.13. The molecule has 0 aliphatic heterocycles. The van der Waals surface area contributed by atoms with E-state index >= 15 is 0 Å². The van der Waals surface area contributed by atoms with E-state index in [1.165, 1.54) is 4.57 Å². The zero-order chi connectivity index (χ0) is 13.0. The fraction of sp³-hybridized carbons (Fsp3) is 0.250.